The topological polar surface area (TPSA) is 184 Å². The van der Waals surface area contributed by atoms with E-state index in [1.165, 1.54) is 4.90 Å². The van der Waals surface area contributed by atoms with Crippen molar-refractivity contribution in [1.29, 1.82) is 0 Å². The second kappa shape index (κ2) is 16.6. The maximum atomic E-state index is 13.7. The summed E-state index contributed by atoms with van der Waals surface area (Å²) in [5, 5.41) is 10.3. The van der Waals surface area contributed by atoms with Crippen LogP contribution in [0.2, 0.25) is 0 Å². The quantitative estimate of drug-likeness (QED) is 0.0922. The Hall–Kier alpha value is -3.78. The van der Waals surface area contributed by atoms with Crippen LogP contribution in [0.3, 0.4) is 0 Å². The van der Waals surface area contributed by atoms with Crippen molar-refractivity contribution in [2.24, 2.45) is 16.5 Å². The fourth-order valence-electron chi connectivity index (χ4n) is 4.61. The van der Waals surface area contributed by atoms with Gasteiger partial charge in [0.05, 0.1) is 17.6 Å². The highest BCUT2D eigenvalue weighted by Gasteiger charge is 2.33. The molecule has 0 radical (unpaired) electrons. The number of amides is 3. The lowest BCUT2D eigenvalue weighted by atomic mass is 10.0. The Bertz CT molecular complexity index is 1360. The highest BCUT2D eigenvalue weighted by molar-refractivity contribution is 7.80. The number of carbonyl (C=O) groups is 3. The van der Waals surface area contributed by atoms with Crippen LogP contribution in [0.4, 0.5) is 0 Å². The summed E-state index contributed by atoms with van der Waals surface area (Å²) in [4.78, 5) is 53.0. The molecule has 0 aliphatic carbocycles. The smallest absolute Gasteiger partial charge is 0.246 e. The molecule has 226 valence electrons. The summed E-state index contributed by atoms with van der Waals surface area (Å²) in [6.45, 7) is 0.833. The number of hydrogen-bond acceptors (Lipinski definition) is 9. The first-order valence-electron chi connectivity index (χ1n) is 13.9. The average Bonchev–Trinajstić information content (AvgIpc) is 3.41. The lowest BCUT2D eigenvalue weighted by Gasteiger charge is -2.31. The molecule has 8 N–H and O–H groups in total. The summed E-state index contributed by atoms with van der Waals surface area (Å²) < 4.78 is 0. The van der Waals surface area contributed by atoms with Crippen molar-refractivity contribution in [2.45, 2.75) is 49.0 Å². The number of likely N-dealkylation sites (N-methyl/N-ethyl adjacent to an activating group) is 1. The van der Waals surface area contributed by atoms with Gasteiger partial charge in [-0.2, -0.15) is 0 Å². The Balaban J connectivity index is 1.76. The van der Waals surface area contributed by atoms with E-state index < -0.39 is 24.0 Å². The molecule has 2 aromatic heterocycles. The molecule has 12 nitrogen and oxygen atoms in total. The maximum Gasteiger partial charge on any atom is 0.246 e. The van der Waals surface area contributed by atoms with E-state index in [9.17, 15) is 14.4 Å². The molecule has 42 heavy (non-hydrogen) atoms. The summed E-state index contributed by atoms with van der Waals surface area (Å²) in [6.07, 6.45) is 6.36. The van der Waals surface area contributed by atoms with E-state index in [1.54, 1.807) is 32.6 Å². The minimum atomic E-state index is -1.04. The number of aromatic nitrogens is 2. The van der Waals surface area contributed by atoms with Crippen molar-refractivity contribution in [1.82, 2.24) is 30.8 Å². The Labute approximate surface area is 251 Å². The summed E-state index contributed by atoms with van der Waals surface area (Å²) >= 11 is 4.38. The monoisotopic (exact) mass is 595 g/mol. The number of benzene rings is 1. The normalized spacial score (nSPS) is 13.5. The van der Waals surface area contributed by atoms with Crippen LogP contribution < -0.4 is 27.4 Å². The van der Waals surface area contributed by atoms with Gasteiger partial charge in [-0.15, -0.1) is 12.6 Å². The molecule has 0 aliphatic heterocycles. The molecule has 3 amide bonds. The number of fused-ring (bicyclic) bond motifs is 1. The molecule has 0 spiro atoms. The van der Waals surface area contributed by atoms with Gasteiger partial charge < -0.3 is 37.3 Å². The van der Waals surface area contributed by atoms with Crippen LogP contribution in [0.15, 0.2) is 58.8 Å². The van der Waals surface area contributed by atoms with Crippen LogP contribution in [0, 0.1) is 0 Å². The lowest BCUT2D eigenvalue weighted by molar-refractivity contribution is -0.141. The number of aromatic amines is 1. The second-order valence-electron chi connectivity index (χ2n) is 9.86. The number of thiol groups is 1. The van der Waals surface area contributed by atoms with E-state index >= 15 is 0 Å². The average molecular weight is 596 g/mol. The number of aliphatic imine (C=N–C) groups is 1. The maximum absolute atomic E-state index is 13.7. The molecule has 3 aromatic rings. The number of nitrogens with zero attached hydrogens (tertiary/aromatic N) is 3. The minimum absolute atomic E-state index is 0.147. The summed E-state index contributed by atoms with van der Waals surface area (Å²) in [5.74, 6) is -1.21. The van der Waals surface area contributed by atoms with Crippen molar-refractivity contribution in [3.8, 4) is 0 Å². The summed E-state index contributed by atoms with van der Waals surface area (Å²) in [6, 6.07) is 8.87. The zero-order valence-electron chi connectivity index (χ0n) is 24.0. The zero-order valence-corrected chi connectivity index (χ0v) is 24.9. The predicted molar refractivity (Wildman–Crippen MR) is 167 cm³/mol. The molecule has 2 heterocycles. The fourth-order valence-corrected chi connectivity index (χ4v) is 4.83. The predicted octanol–water partition coefficient (Wildman–Crippen LogP) is 0.379. The van der Waals surface area contributed by atoms with Crippen molar-refractivity contribution in [3.63, 3.8) is 0 Å². The van der Waals surface area contributed by atoms with Crippen molar-refractivity contribution in [3.05, 3.63) is 59.9 Å². The zero-order chi connectivity index (χ0) is 30.5. The Morgan fingerprint density at radius 3 is 2.62 bits per heavy atom. The van der Waals surface area contributed by atoms with Gasteiger partial charge >= 0.3 is 0 Å². The number of rotatable bonds is 16. The van der Waals surface area contributed by atoms with E-state index in [2.05, 4.69) is 43.5 Å². The SMILES string of the molecule is C/N=C/CNC(=O)[C@H](Cc1c[nH]c2ccccc12)N(C)C(=O)[C@H](CN)NC(=O)[C@H](CCCN)NCc1cccnc1S. The van der Waals surface area contributed by atoms with E-state index in [4.69, 9.17) is 11.5 Å². The number of pyridine rings is 1. The molecule has 0 saturated heterocycles. The Morgan fingerprint density at radius 2 is 1.90 bits per heavy atom. The molecule has 0 saturated carbocycles. The first kappa shape index (κ1) is 32.7. The molecule has 0 fully saturated rings. The van der Waals surface area contributed by atoms with E-state index in [0.717, 1.165) is 22.0 Å². The third-order valence-corrected chi connectivity index (χ3v) is 7.43. The minimum Gasteiger partial charge on any atom is -0.361 e. The van der Waals surface area contributed by atoms with Crippen molar-refractivity contribution in [2.75, 3.05) is 33.7 Å². The number of para-hydroxylation sites is 1. The Kier molecular flexibility index (Phi) is 12.9. The van der Waals surface area contributed by atoms with Crippen molar-refractivity contribution < 1.29 is 14.4 Å². The molecule has 3 rings (SSSR count). The number of carbonyl (C=O) groups excluding carboxylic acids is 3. The molecular weight excluding hydrogens is 554 g/mol. The summed E-state index contributed by atoms with van der Waals surface area (Å²) in [7, 11) is 3.16. The standard InChI is InChI=1S/C29H41N9O3S/c1-32-13-14-33-27(40)25(15-20-18-35-22-9-4-3-8-21(20)22)38(2)29(41)24(16-31)37-26(39)23(10-5-11-30)36-17-19-7-6-12-34-28(19)42/h3-4,6-9,12-13,18,23-25,35-36H,5,10-11,14-17,30-31H2,1-2H3,(H,33,40)(H,34,42)(H,37,39)/b32-13+/t23-,24-,25-/m0/s1. The third-order valence-electron chi connectivity index (χ3n) is 7.03. The number of hydrogen-bond donors (Lipinski definition) is 7. The van der Waals surface area contributed by atoms with Crippen LogP contribution >= 0.6 is 12.6 Å². The highest BCUT2D eigenvalue weighted by Crippen LogP contribution is 2.21. The number of nitrogens with one attached hydrogen (secondary N) is 4. The molecule has 1 aromatic carbocycles. The van der Waals surface area contributed by atoms with E-state index in [1.807, 2.05) is 36.5 Å². The largest absolute Gasteiger partial charge is 0.361 e. The first-order valence-corrected chi connectivity index (χ1v) is 14.3. The van der Waals surface area contributed by atoms with Crippen LogP contribution in [-0.2, 0) is 27.3 Å². The van der Waals surface area contributed by atoms with Crippen LogP contribution in [-0.4, -0.2) is 90.7 Å². The number of nitrogens with two attached hydrogens (primary N) is 2. The van der Waals surface area contributed by atoms with Gasteiger partial charge in [-0.25, -0.2) is 4.98 Å². The molecular formula is C29H41N9O3S. The van der Waals surface area contributed by atoms with Gasteiger partial charge in [-0.1, -0.05) is 24.3 Å². The molecule has 0 aliphatic rings. The van der Waals surface area contributed by atoms with Crippen LogP contribution in [0.25, 0.3) is 10.9 Å². The van der Waals surface area contributed by atoms with Gasteiger partial charge in [-0.05, 0) is 42.6 Å². The van der Waals surface area contributed by atoms with Crippen LogP contribution in [0.1, 0.15) is 24.0 Å². The molecule has 0 unspecified atom stereocenters. The van der Waals surface area contributed by atoms with Gasteiger partial charge in [0.1, 0.15) is 12.1 Å². The van der Waals surface area contributed by atoms with Gasteiger partial charge in [0, 0.05) is 63.1 Å². The molecule has 3 atom stereocenters. The lowest BCUT2D eigenvalue weighted by Crippen LogP contribution is -2.59. The van der Waals surface area contributed by atoms with Gasteiger partial charge in [0.25, 0.3) is 0 Å². The van der Waals surface area contributed by atoms with E-state index in [0.29, 0.717) is 31.0 Å². The van der Waals surface area contributed by atoms with E-state index in [-0.39, 0.29) is 31.3 Å². The highest BCUT2D eigenvalue weighted by atomic mass is 32.1. The third kappa shape index (κ3) is 8.86. The molecule has 0 bridgehead atoms. The Morgan fingerprint density at radius 1 is 1.12 bits per heavy atom. The van der Waals surface area contributed by atoms with Gasteiger partial charge in [0.2, 0.25) is 17.7 Å². The van der Waals surface area contributed by atoms with Gasteiger partial charge in [0.15, 0.2) is 0 Å². The summed E-state index contributed by atoms with van der Waals surface area (Å²) in [5.41, 5.74) is 14.3. The van der Waals surface area contributed by atoms with Gasteiger partial charge in [-0.3, -0.25) is 19.4 Å². The molecule has 13 heteroatoms. The second-order valence-corrected chi connectivity index (χ2v) is 10.3. The number of H-pyrrole nitrogens is 1. The van der Waals surface area contributed by atoms with Crippen molar-refractivity contribution >= 4 is 47.5 Å². The fraction of sp³-hybridized carbons (Fsp3) is 0.414. The first-order chi connectivity index (χ1) is 20.3. The van der Waals surface area contributed by atoms with Crippen LogP contribution in [0.5, 0.6) is 0 Å².